The van der Waals surface area contributed by atoms with Crippen LogP contribution in [0.1, 0.15) is 78.1 Å². The molecule has 3 rings (SSSR count). The van der Waals surface area contributed by atoms with E-state index in [0.717, 1.165) is 44.9 Å². The molecular weight excluding hydrogens is 288 g/mol. The molecule has 0 aromatic rings. The molecule has 23 heavy (non-hydrogen) atoms. The molecule has 0 spiro atoms. The number of rotatable bonds is 5. The molecule has 6 atom stereocenters. The maximum atomic E-state index is 12.5. The first-order valence-corrected chi connectivity index (χ1v) is 9.91. The first kappa shape index (κ1) is 17.4. The van der Waals surface area contributed by atoms with Gasteiger partial charge in [0, 0.05) is 11.3 Å². The van der Waals surface area contributed by atoms with Gasteiger partial charge < -0.3 is 10.2 Å². The van der Waals surface area contributed by atoms with Gasteiger partial charge in [0.15, 0.2) is 0 Å². The highest BCUT2D eigenvalue weighted by Crippen LogP contribution is 2.61. The third kappa shape index (κ3) is 2.89. The van der Waals surface area contributed by atoms with Gasteiger partial charge in [-0.3, -0.25) is 4.79 Å². The predicted octanol–water partition coefficient (Wildman–Crippen LogP) is 3.71. The third-order valence-corrected chi connectivity index (χ3v) is 7.54. The first-order chi connectivity index (χ1) is 11.0. The van der Waals surface area contributed by atoms with Crippen molar-refractivity contribution in [3.05, 3.63) is 0 Å². The van der Waals surface area contributed by atoms with Crippen LogP contribution >= 0.6 is 0 Å². The minimum atomic E-state index is -0.284. The summed E-state index contributed by atoms with van der Waals surface area (Å²) in [6, 6.07) is 0. The van der Waals surface area contributed by atoms with E-state index in [0.29, 0.717) is 17.6 Å². The fourth-order valence-corrected chi connectivity index (χ4v) is 6.17. The summed E-state index contributed by atoms with van der Waals surface area (Å²) in [5.74, 6) is 1.52. The number of carbonyl (C=O) groups is 1. The molecular formula is C20H34O3. The Morgan fingerprint density at radius 1 is 1.22 bits per heavy atom. The Bertz CT molecular complexity index is 429. The Labute approximate surface area is 140 Å². The zero-order valence-corrected chi connectivity index (χ0v) is 14.8. The van der Waals surface area contributed by atoms with E-state index in [4.69, 9.17) is 0 Å². The van der Waals surface area contributed by atoms with Crippen molar-refractivity contribution in [3.63, 3.8) is 0 Å². The first-order valence-electron chi connectivity index (χ1n) is 9.91. The van der Waals surface area contributed by atoms with Crippen LogP contribution in [0.25, 0.3) is 0 Å². The molecule has 0 radical (unpaired) electrons. The van der Waals surface area contributed by atoms with Crippen LogP contribution in [0.15, 0.2) is 0 Å². The fourth-order valence-electron chi connectivity index (χ4n) is 6.17. The Kier molecular flexibility index (Phi) is 5.18. The normalized spacial score (nSPS) is 42.9. The second-order valence-corrected chi connectivity index (χ2v) is 8.50. The van der Waals surface area contributed by atoms with E-state index < -0.39 is 0 Å². The van der Waals surface area contributed by atoms with Gasteiger partial charge in [0.2, 0.25) is 0 Å². The number of ketones is 1. The highest BCUT2D eigenvalue weighted by molar-refractivity contribution is 5.94. The molecule has 132 valence electrons. The zero-order valence-electron chi connectivity index (χ0n) is 14.8. The number of aliphatic hydroxyl groups is 2. The zero-order chi connectivity index (χ0) is 16.6. The summed E-state index contributed by atoms with van der Waals surface area (Å²) in [5, 5.41) is 21.1. The van der Waals surface area contributed by atoms with E-state index in [1.54, 1.807) is 0 Å². The lowest BCUT2D eigenvalue weighted by Gasteiger charge is -2.60. The maximum absolute atomic E-state index is 12.5. The molecule has 0 aromatic carbocycles. The van der Waals surface area contributed by atoms with Crippen LogP contribution in [0, 0.1) is 29.1 Å². The van der Waals surface area contributed by atoms with Crippen molar-refractivity contribution < 1.29 is 15.0 Å². The van der Waals surface area contributed by atoms with Crippen LogP contribution in [0.2, 0.25) is 0 Å². The van der Waals surface area contributed by atoms with Gasteiger partial charge in [0.25, 0.3) is 0 Å². The summed E-state index contributed by atoms with van der Waals surface area (Å²) in [6.45, 7) is 4.17. The van der Waals surface area contributed by atoms with Crippen molar-refractivity contribution in [2.75, 3.05) is 0 Å². The van der Waals surface area contributed by atoms with Crippen LogP contribution in [-0.2, 0) is 4.79 Å². The fraction of sp³-hybridized carbons (Fsp3) is 0.950. The standard InChI is InChI=1S/C20H34O3/c1-3-20-12-11-17(22)15(18(20)13(2)19(20)23)9-10-16(21)14-7-5-4-6-8-14/h13-18,21-22H,3-12H2,1-2H3/t13?,15-,16+,17+,18+,20-/m1/s1. The van der Waals surface area contributed by atoms with Crippen LogP contribution in [0.5, 0.6) is 0 Å². The molecule has 0 aliphatic heterocycles. The molecule has 3 fully saturated rings. The van der Waals surface area contributed by atoms with Crippen LogP contribution in [-0.4, -0.2) is 28.2 Å². The molecule has 2 N–H and O–H groups in total. The van der Waals surface area contributed by atoms with Gasteiger partial charge in [-0.15, -0.1) is 0 Å². The molecule has 3 saturated carbocycles. The number of Topliss-reactive ketones (excluding diaryl/α,β-unsaturated/α-hetero) is 1. The minimum Gasteiger partial charge on any atom is -0.393 e. The van der Waals surface area contributed by atoms with Crippen LogP contribution in [0.4, 0.5) is 0 Å². The summed E-state index contributed by atoms with van der Waals surface area (Å²) >= 11 is 0. The van der Waals surface area contributed by atoms with Gasteiger partial charge in [-0.05, 0) is 62.7 Å². The van der Waals surface area contributed by atoms with E-state index in [1.165, 1.54) is 19.3 Å². The molecule has 3 nitrogen and oxygen atoms in total. The molecule has 0 bridgehead atoms. The average Bonchev–Trinajstić information content (AvgIpc) is 2.60. The molecule has 3 aliphatic carbocycles. The van der Waals surface area contributed by atoms with Gasteiger partial charge in [0.1, 0.15) is 5.78 Å². The Hall–Kier alpha value is -0.410. The average molecular weight is 322 g/mol. The largest absolute Gasteiger partial charge is 0.393 e. The molecule has 3 heteroatoms. The number of carbonyl (C=O) groups excluding carboxylic acids is 1. The Morgan fingerprint density at radius 3 is 2.57 bits per heavy atom. The second-order valence-electron chi connectivity index (χ2n) is 8.50. The quantitative estimate of drug-likeness (QED) is 0.811. The third-order valence-electron chi connectivity index (χ3n) is 7.54. The minimum absolute atomic E-state index is 0.0988. The number of hydrogen-bond acceptors (Lipinski definition) is 3. The lowest BCUT2D eigenvalue weighted by Crippen LogP contribution is -2.63. The van der Waals surface area contributed by atoms with Crippen LogP contribution < -0.4 is 0 Å². The van der Waals surface area contributed by atoms with Gasteiger partial charge in [-0.2, -0.15) is 0 Å². The number of aliphatic hydroxyl groups excluding tert-OH is 2. The van der Waals surface area contributed by atoms with Gasteiger partial charge in [-0.1, -0.05) is 33.1 Å². The monoisotopic (exact) mass is 322 g/mol. The molecule has 0 heterocycles. The van der Waals surface area contributed by atoms with E-state index >= 15 is 0 Å². The topological polar surface area (TPSA) is 57.5 Å². The highest BCUT2D eigenvalue weighted by atomic mass is 16.3. The van der Waals surface area contributed by atoms with Crippen molar-refractivity contribution in [2.24, 2.45) is 29.1 Å². The predicted molar refractivity (Wildman–Crippen MR) is 90.9 cm³/mol. The molecule has 0 aromatic heterocycles. The summed E-state index contributed by atoms with van der Waals surface area (Å²) in [4.78, 5) is 12.5. The van der Waals surface area contributed by atoms with Crippen molar-refractivity contribution in [1.82, 2.24) is 0 Å². The Balaban J connectivity index is 1.62. The molecule has 0 saturated heterocycles. The van der Waals surface area contributed by atoms with Gasteiger partial charge in [0.05, 0.1) is 12.2 Å². The second kappa shape index (κ2) is 6.84. The number of fused-ring (bicyclic) bond motifs is 1. The van der Waals surface area contributed by atoms with Crippen molar-refractivity contribution in [3.8, 4) is 0 Å². The van der Waals surface area contributed by atoms with Gasteiger partial charge in [-0.25, -0.2) is 0 Å². The van der Waals surface area contributed by atoms with E-state index in [9.17, 15) is 15.0 Å². The Morgan fingerprint density at radius 2 is 1.91 bits per heavy atom. The van der Waals surface area contributed by atoms with Crippen molar-refractivity contribution in [2.45, 2.75) is 90.3 Å². The summed E-state index contributed by atoms with van der Waals surface area (Å²) in [6.07, 6.45) is 9.83. The smallest absolute Gasteiger partial charge is 0.142 e. The van der Waals surface area contributed by atoms with E-state index in [-0.39, 0.29) is 29.5 Å². The lowest BCUT2D eigenvalue weighted by atomic mass is 9.43. The van der Waals surface area contributed by atoms with Crippen LogP contribution in [0.3, 0.4) is 0 Å². The van der Waals surface area contributed by atoms with E-state index in [2.05, 4.69) is 6.92 Å². The number of hydrogen-bond donors (Lipinski definition) is 2. The SMILES string of the molecule is CC[C@@]12CC[C@H](O)[C@@H](CC[C@H](O)C3CCCCC3)[C@@H]1C(C)C2=O. The van der Waals surface area contributed by atoms with Gasteiger partial charge >= 0.3 is 0 Å². The van der Waals surface area contributed by atoms with Crippen molar-refractivity contribution in [1.29, 1.82) is 0 Å². The summed E-state index contributed by atoms with van der Waals surface area (Å²) in [5.41, 5.74) is -0.154. The molecule has 1 unspecified atom stereocenters. The summed E-state index contributed by atoms with van der Waals surface area (Å²) in [7, 11) is 0. The lowest BCUT2D eigenvalue weighted by molar-refractivity contribution is -0.180. The highest BCUT2D eigenvalue weighted by Gasteiger charge is 2.63. The summed E-state index contributed by atoms with van der Waals surface area (Å²) < 4.78 is 0. The maximum Gasteiger partial charge on any atom is 0.142 e. The van der Waals surface area contributed by atoms with Crippen molar-refractivity contribution >= 4 is 5.78 Å². The molecule has 0 amide bonds. The molecule has 3 aliphatic rings. The van der Waals surface area contributed by atoms with E-state index in [1.807, 2.05) is 6.92 Å².